The van der Waals surface area contributed by atoms with E-state index < -0.39 is 5.60 Å². The van der Waals surface area contributed by atoms with Crippen molar-refractivity contribution < 1.29 is 14.3 Å². The molecule has 1 saturated heterocycles. The number of rotatable bonds is 2. The summed E-state index contributed by atoms with van der Waals surface area (Å²) in [5.74, 6) is -0.246. The monoisotopic (exact) mass is 306 g/mol. The predicted molar refractivity (Wildman–Crippen MR) is 87.6 cm³/mol. The van der Waals surface area contributed by atoms with E-state index in [0.29, 0.717) is 12.2 Å². The van der Waals surface area contributed by atoms with E-state index in [1.165, 1.54) is 0 Å². The van der Waals surface area contributed by atoms with Crippen LogP contribution in [0.2, 0.25) is 0 Å². The van der Waals surface area contributed by atoms with Crippen LogP contribution in [-0.4, -0.2) is 18.7 Å². The molecule has 2 aliphatic heterocycles. The summed E-state index contributed by atoms with van der Waals surface area (Å²) >= 11 is 0. The summed E-state index contributed by atoms with van der Waals surface area (Å²) in [6.07, 6.45) is 0.365. The second-order valence-electron chi connectivity index (χ2n) is 6.12. The molecule has 4 rings (SSSR count). The molecule has 0 bridgehead atoms. The molecule has 0 aliphatic carbocycles. The van der Waals surface area contributed by atoms with E-state index in [1.807, 2.05) is 67.6 Å². The lowest BCUT2D eigenvalue weighted by atomic mass is 9.81. The van der Waals surface area contributed by atoms with Gasteiger partial charge in [-0.2, -0.15) is 0 Å². The third-order valence-corrected chi connectivity index (χ3v) is 4.75. The molecule has 0 N–H and O–H groups in total. The maximum Gasteiger partial charge on any atom is 0.339 e. The number of esters is 1. The lowest BCUT2D eigenvalue weighted by molar-refractivity contribution is -0.163. The second-order valence-corrected chi connectivity index (χ2v) is 6.12. The van der Waals surface area contributed by atoms with E-state index in [2.05, 4.69) is 0 Å². The van der Waals surface area contributed by atoms with Gasteiger partial charge >= 0.3 is 5.97 Å². The Bertz CT molecular complexity index is 764. The van der Waals surface area contributed by atoms with Crippen LogP contribution < -0.4 is 0 Å². The van der Waals surface area contributed by atoms with Crippen LogP contribution in [0.1, 0.15) is 24.5 Å². The van der Waals surface area contributed by atoms with Crippen LogP contribution in [0.3, 0.4) is 0 Å². The third-order valence-electron chi connectivity index (χ3n) is 4.75. The van der Waals surface area contributed by atoms with Crippen LogP contribution >= 0.6 is 0 Å². The van der Waals surface area contributed by atoms with Crippen molar-refractivity contribution in [2.45, 2.75) is 25.0 Å². The molecule has 23 heavy (non-hydrogen) atoms. The van der Waals surface area contributed by atoms with Crippen molar-refractivity contribution in [1.29, 1.82) is 0 Å². The molecule has 0 radical (unpaired) electrons. The van der Waals surface area contributed by atoms with Crippen molar-refractivity contribution in [1.82, 2.24) is 0 Å². The SMILES string of the molecule is C[C@@]1(c2ccccc2)OCCC2=C(c3ccccc3)C(=O)O[C@H]21. The van der Waals surface area contributed by atoms with E-state index in [0.717, 1.165) is 23.1 Å². The predicted octanol–water partition coefficient (Wildman–Crippen LogP) is 3.70. The first kappa shape index (κ1) is 14.2. The number of carbonyl (C=O) groups excluding carboxylic acids is 1. The fourth-order valence-electron chi connectivity index (χ4n) is 3.56. The zero-order valence-electron chi connectivity index (χ0n) is 13.0. The third kappa shape index (κ3) is 2.20. The average molecular weight is 306 g/mol. The van der Waals surface area contributed by atoms with Gasteiger partial charge in [0.25, 0.3) is 0 Å². The molecule has 3 nitrogen and oxygen atoms in total. The Morgan fingerprint density at radius 1 is 1.00 bits per heavy atom. The van der Waals surface area contributed by atoms with Gasteiger partial charge < -0.3 is 9.47 Å². The fourth-order valence-corrected chi connectivity index (χ4v) is 3.56. The largest absolute Gasteiger partial charge is 0.451 e. The summed E-state index contributed by atoms with van der Waals surface area (Å²) in [6, 6.07) is 19.7. The van der Waals surface area contributed by atoms with Gasteiger partial charge in [-0.25, -0.2) is 4.79 Å². The summed E-state index contributed by atoms with van der Waals surface area (Å²) in [7, 11) is 0. The molecular weight excluding hydrogens is 288 g/mol. The fraction of sp³-hybridized carbons (Fsp3) is 0.250. The second kappa shape index (κ2) is 5.36. The van der Waals surface area contributed by atoms with E-state index in [4.69, 9.17) is 9.47 Å². The number of carbonyl (C=O) groups is 1. The van der Waals surface area contributed by atoms with Crippen LogP contribution in [0.5, 0.6) is 0 Å². The van der Waals surface area contributed by atoms with Gasteiger partial charge in [-0.3, -0.25) is 0 Å². The van der Waals surface area contributed by atoms with Crippen molar-refractivity contribution in [3.63, 3.8) is 0 Å². The molecule has 2 atom stereocenters. The first-order valence-electron chi connectivity index (χ1n) is 7.89. The van der Waals surface area contributed by atoms with Gasteiger partial charge in [0.2, 0.25) is 0 Å². The molecule has 2 aromatic carbocycles. The zero-order chi connectivity index (χ0) is 15.9. The highest BCUT2D eigenvalue weighted by Gasteiger charge is 2.50. The van der Waals surface area contributed by atoms with E-state index >= 15 is 0 Å². The Morgan fingerprint density at radius 3 is 2.35 bits per heavy atom. The molecule has 0 spiro atoms. The van der Waals surface area contributed by atoms with Crippen LogP contribution in [-0.2, 0) is 19.9 Å². The maximum absolute atomic E-state index is 12.5. The van der Waals surface area contributed by atoms with Crippen molar-refractivity contribution in [3.05, 3.63) is 77.4 Å². The van der Waals surface area contributed by atoms with Gasteiger partial charge in [0.1, 0.15) is 5.60 Å². The lowest BCUT2D eigenvalue weighted by Crippen LogP contribution is -2.44. The Hall–Kier alpha value is -2.39. The molecule has 2 aromatic rings. The van der Waals surface area contributed by atoms with Crippen LogP contribution in [0.15, 0.2) is 66.2 Å². The minimum absolute atomic E-state index is 0.246. The van der Waals surface area contributed by atoms with Crippen molar-refractivity contribution >= 4 is 11.5 Å². The van der Waals surface area contributed by atoms with Crippen molar-refractivity contribution in [2.75, 3.05) is 6.61 Å². The molecule has 1 fully saturated rings. The van der Waals surface area contributed by atoms with Crippen LogP contribution in [0.4, 0.5) is 0 Å². The lowest BCUT2D eigenvalue weighted by Gasteiger charge is -2.40. The van der Waals surface area contributed by atoms with Gasteiger partial charge in [0.05, 0.1) is 12.2 Å². The quantitative estimate of drug-likeness (QED) is 0.794. The van der Waals surface area contributed by atoms with Crippen LogP contribution in [0.25, 0.3) is 5.57 Å². The van der Waals surface area contributed by atoms with Crippen LogP contribution in [0, 0.1) is 0 Å². The highest BCUT2D eigenvalue weighted by atomic mass is 16.6. The molecule has 116 valence electrons. The molecule has 2 aliphatic rings. The molecule has 0 aromatic heterocycles. The molecular formula is C20H18O3. The summed E-state index contributed by atoms with van der Waals surface area (Å²) in [4.78, 5) is 12.5. The summed E-state index contributed by atoms with van der Waals surface area (Å²) in [5, 5.41) is 0. The number of hydrogen-bond donors (Lipinski definition) is 0. The Morgan fingerprint density at radius 2 is 1.65 bits per heavy atom. The number of benzene rings is 2. The van der Waals surface area contributed by atoms with Gasteiger partial charge in [0, 0.05) is 0 Å². The highest BCUT2D eigenvalue weighted by molar-refractivity contribution is 6.19. The topological polar surface area (TPSA) is 35.5 Å². The normalized spacial score (nSPS) is 26.8. The summed E-state index contributed by atoms with van der Waals surface area (Å²) < 4.78 is 11.9. The number of fused-ring (bicyclic) bond motifs is 1. The Labute approximate surface area is 135 Å². The van der Waals surface area contributed by atoms with Crippen molar-refractivity contribution in [3.8, 4) is 0 Å². The minimum atomic E-state index is -0.638. The van der Waals surface area contributed by atoms with Gasteiger partial charge in [-0.05, 0) is 30.0 Å². The van der Waals surface area contributed by atoms with Gasteiger partial charge in [-0.15, -0.1) is 0 Å². The Balaban J connectivity index is 1.83. The summed E-state index contributed by atoms with van der Waals surface area (Å²) in [6.45, 7) is 2.59. The first-order valence-corrected chi connectivity index (χ1v) is 7.89. The number of hydrogen-bond acceptors (Lipinski definition) is 3. The van der Waals surface area contributed by atoms with E-state index in [1.54, 1.807) is 0 Å². The molecule has 0 unspecified atom stereocenters. The summed E-state index contributed by atoms with van der Waals surface area (Å²) in [5.41, 5.74) is 3.08. The zero-order valence-corrected chi connectivity index (χ0v) is 13.0. The number of ether oxygens (including phenoxy) is 2. The molecule has 2 heterocycles. The highest BCUT2D eigenvalue weighted by Crippen LogP contribution is 2.46. The maximum atomic E-state index is 12.5. The smallest absolute Gasteiger partial charge is 0.339 e. The van der Waals surface area contributed by atoms with Gasteiger partial charge in [-0.1, -0.05) is 60.7 Å². The average Bonchev–Trinajstić information content (AvgIpc) is 2.94. The molecule has 0 saturated carbocycles. The Kier molecular flexibility index (Phi) is 3.31. The standard InChI is InChI=1S/C20H18O3/c1-20(15-10-6-3-7-11-15)18-16(12-13-22-20)17(19(21)23-18)14-8-4-2-5-9-14/h2-11,18H,12-13H2,1H3/t18-,20+/m1/s1. The first-order chi connectivity index (χ1) is 11.2. The van der Waals surface area contributed by atoms with E-state index in [-0.39, 0.29) is 12.1 Å². The van der Waals surface area contributed by atoms with E-state index in [9.17, 15) is 4.79 Å². The van der Waals surface area contributed by atoms with Crippen molar-refractivity contribution in [2.24, 2.45) is 0 Å². The molecule has 3 heteroatoms. The van der Waals surface area contributed by atoms with Gasteiger partial charge in [0.15, 0.2) is 6.10 Å². The molecule has 0 amide bonds. The minimum Gasteiger partial charge on any atom is -0.451 e.